The molecule has 2 aliphatic rings. The molecule has 1 N–H and O–H groups in total. The molecule has 1 aliphatic carbocycles. The van der Waals surface area contributed by atoms with Crippen LogP contribution in [0.2, 0.25) is 0 Å². The number of nitrogens with one attached hydrogen (secondary N) is 1. The number of nitrogens with zero attached hydrogens (tertiary/aromatic N) is 2. The van der Waals surface area contributed by atoms with Crippen LogP contribution in [0, 0.1) is 0 Å². The first kappa shape index (κ1) is 11.1. The fourth-order valence-corrected chi connectivity index (χ4v) is 2.94. The van der Waals surface area contributed by atoms with Crippen LogP contribution >= 0.6 is 0 Å². The van der Waals surface area contributed by atoms with Crippen LogP contribution in [-0.4, -0.2) is 23.1 Å². The fraction of sp³-hybridized carbons (Fsp3) is 0.714. The van der Waals surface area contributed by atoms with Crippen LogP contribution in [0.25, 0.3) is 0 Å². The lowest BCUT2D eigenvalue weighted by Crippen LogP contribution is -2.27. The first-order valence-corrected chi connectivity index (χ1v) is 6.99. The second kappa shape index (κ2) is 5.13. The molecule has 0 unspecified atom stereocenters. The fourth-order valence-electron chi connectivity index (χ4n) is 2.94. The third-order valence-corrected chi connectivity index (χ3v) is 4.04. The molecule has 2 heterocycles. The minimum Gasteiger partial charge on any atom is -0.317 e. The Morgan fingerprint density at radius 3 is 2.76 bits per heavy atom. The summed E-state index contributed by atoms with van der Waals surface area (Å²) >= 11 is 0. The van der Waals surface area contributed by atoms with E-state index in [0.717, 1.165) is 25.3 Å². The quantitative estimate of drug-likeness (QED) is 0.753. The molecule has 1 fully saturated rings. The van der Waals surface area contributed by atoms with Crippen LogP contribution in [0.3, 0.4) is 0 Å². The summed E-state index contributed by atoms with van der Waals surface area (Å²) in [5, 5.41) is 3.40. The van der Waals surface area contributed by atoms with Crippen molar-refractivity contribution in [2.75, 3.05) is 13.1 Å². The molecule has 0 atom stereocenters. The summed E-state index contributed by atoms with van der Waals surface area (Å²) in [6.07, 6.45) is 10.8. The van der Waals surface area contributed by atoms with E-state index in [1.807, 2.05) is 0 Å². The molecule has 0 saturated carbocycles. The molecule has 1 aliphatic heterocycles. The van der Waals surface area contributed by atoms with Crippen LogP contribution in [0.1, 0.15) is 55.1 Å². The van der Waals surface area contributed by atoms with Crippen molar-refractivity contribution in [1.82, 2.24) is 15.3 Å². The first-order valence-electron chi connectivity index (χ1n) is 6.99. The third-order valence-electron chi connectivity index (χ3n) is 4.04. The van der Waals surface area contributed by atoms with Crippen molar-refractivity contribution in [2.24, 2.45) is 0 Å². The van der Waals surface area contributed by atoms with Gasteiger partial charge in [0.15, 0.2) is 0 Å². The maximum atomic E-state index is 4.86. The Kier molecular flexibility index (Phi) is 3.36. The smallest absolute Gasteiger partial charge is 0.131 e. The van der Waals surface area contributed by atoms with Gasteiger partial charge in [0.2, 0.25) is 0 Å². The van der Waals surface area contributed by atoms with Crippen LogP contribution in [0.15, 0.2) is 6.20 Å². The van der Waals surface area contributed by atoms with Gasteiger partial charge in [-0.1, -0.05) is 6.42 Å². The summed E-state index contributed by atoms with van der Waals surface area (Å²) in [6, 6.07) is 0. The summed E-state index contributed by atoms with van der Waals surface area (Å²) in [7, 11) is 0. The first-order chi connectivity index (χ1) is 8.43. The highest BCUT2D eigenvalue weighted by atomic mass is 14.9. The minimum atomic E-state index is 0.588. The third kappa shape index (κ3) is 2.49. The van der Waals surface area contributed by atoms with E-state index in [1.54, 1.807) is 0 Å². The number of piperidine rings is 1. The molecular weight excluding hydrogens is 210 g/mol. The standard InChI is InChI=1S/C14H21N3/c1-2-4-12-10-16-14(17-13(12)5-3-1)11-6-8-15-9-7-11/h10-11,15H,1-9H2. The van der Waals surface area contributed by atoms with Gasteiger partial charge in [-0.25, -0.2) is 9.97 Å². The minimum absolute atomic E-state index is 0.588. The van der Waals surface area contributed by atoms with Crippen molar-refractivity contribution in [3.63, 3.8) is 0 Å². The van der Waals surface area contributed by atoms with Gasteiger partial charge in [-0.05, 0) is 57.2 Å². The molecule has 3 rings (SSSR count). The molecule has 1 aromatic rings. The Labute approximate surface area is 103 Å². The maximum Gasteiger partial charge on any atom is 0.131 e. The van der Waals surface area contributed by atoms with Gasteiger partial charge in [0.05, 0.1) is 0 Å². The Bertz CT molecular complexity index is 383. The van der Waals surface area contributed by atoms with E-state index in [4.69, 9.17) is 4.98 Å². The van der Waals surface area contributed by atoms with E-state index in [0.29, 0.717) is 5.92 Å². The monoisotopic (exact) mass is 231 g/mol. The molecule has 0 aromatic carbocycles. The van der Waals surface area contributed by atoms with Gasteiger partial charge in [0, 0.05) is 17.8 Å². The Morgan fingerprint density at radius 1 is 1.06 bits per heavy atom. The van der Waals surface area contributed by atoms with Gasteiger partial charge in [-0.2, -0.15) is 0 Å². The van der Waals surface area contributed by atoms with Crippen LogP contribution in [0.5, 0.6) is 0 Å². The summed E-state index contributed by atoms with van der Waals surface area (Å²) in [5.41, 5.74) is 2.74. The number of fused-ring (bicyclic) bond motifs is 1. The highest BCUT2D eigenvalue weighted by Crippen LogP contribution is 2.24. The zero-order valence-corrected chi connectivity index (χ0v) is 10.4. The molecule has 0 amide bonds. The molecule has 0 spiro atoms. The average Bonchev–Trinajstić information content (AvgIpc) is 2.64. The Balaban J connectivity index is 1.83. The van der Waals surface area contributed by atoms with E-state index >= 15 is 0 Å². The average molecular weight is 231 g/mol. The highest BCUT2D eigenvalue weighted by Gasteiger charge is 2.19. The Morgan fingerprint density at radius 2 is 1.88 bits per heavy atom. The predicted octanol–water partition coefficient (Wildman–Crippen LogP) is 2.21. The molecular formula is C14H21N3. The zero-order valence-electron chi connectivity index (χ0n) is 10.4. The van der Waals surface area contributed by atoms with E-state index in [1.165, 1.54) is 49.8 Å². The van der Waals surface area contributed by atoms with Crippen molar-refractivity contribution in [3.8, 4) is 0 Å². The van der Waals surface area contributed by atoms with Crippen molar-refractivity contribution in [3.05, 3.63) is 23.3 Å². The van der Waals surface area contributed by atoms with E-state index < -0.39 is 0 Å². The Hall–Kier alpha value is -0.960. The van der Waals surface area contributed by atoms with Gasteiger partial charge in [-0.3, -0.25) is 0 Å². The van der Waals surface area contributed by atoms with Gasteiger partial charge < -0.3 is 5.32 Å². The molecule has 92 valence electrons. The van der Waals surface area contributed by atoms with E-state index in [-0.39, 0.29) is 0 Å². The summed E-state index contributed by atoms with van der Waals surface area (Å²) in [6.45, 7) is 2.23. The molecule has 0 bridgehead atoms. The van der Waals surface area contributed by atoms with Crippen molar-refractivity contribution < 1.29 is 0 Å². The molecule has 0 radical (unpaired) electrons. The molecule has 3 heteroatoms. The number of aryl methyl sites for hydroxylation is 2. The van der Waals surface area contributed by atoms with Gasteiger partial charge in [0.25, 0.3) is 0 Å². The second-order valence-electron chi connectivity index (χ2n) is 5.29. The lowest BCUT2D eigenvalue weighted by atomic mass is 9.97. The lowest BCUT2D eigenvalue weighted by Gasteiger charge is -2.22. The van der Waals surface area contributed by atoms with Gasteiger partial charge in [0.1, 0.15) is 5.82 Å². The maximum absolute atomic E-state index is 4.86. The molecule has 3 nitrogen and oxygen atoms in total. The summed E-state index contributed by atoms with van der Waals surface area (Å²) in [5.74, 6) is 1.69. The second-order valence-corrected chi connectivity index (χ2v) is 5.29. The lowest BCUT2D eigenvalue weighted by molar-refractivity contribution is 0.443. The predicted molar refractivity (Wildman–Crippen MR) is 68.1 cm³/mol. The largest absolute Gasteiger partial charge is 0.317 e. The number of hydrogen-bond donors (Lipinski definition) is 1. The highest BCUT2D eigenvalue weighted by molar-refractivity contribution is 5.20. The summed E-state index contributed by atoms with van der Waals surface area (Å²) in [4.78, 5) is 9.48. The number of hydrogen-bond acceptors (Lipinski definition) is 3. The normalized spacial score (nSPS) is 21.9. The van der Waals surface area contributed by atoms with E-state index in [2.05, 4.69) is 16.5 Å². The number of aromatic nitrogens is 2. The molecule has 1 aromatic heterocycles. The van der Waals surface area contributed by atoms with Gasteiger partial charge in [-0.15, -0.1) is 0 Å². The van der Waals surface area contributed by atoms with E-state index in [9.17, 15) is 0 Å². The van der Waals surface area contributed by atoms with Crippen LogP contribution in [0.4, 0.5) is 0 Å². The van der Waals surface area contributed by atoms with Crippen molar-refractivity contribution in [2.45, 2.75) is 50.9 Å². The molecule has 17 heavy (non-hydrogen) atoms. The SMILES string of the molecule is c1nc(C2CCNCC2)nc2c1CCCCC2. The van der Waals surface area contributed by atoms with Crippen molar-refractivity contribution in [1.29, 1.82) is 0 Å². The zero-order chi connectivity index (χ0) is 11.5. The van der Waals surface area contributed by atoms with Crippen LogP contribution in [-0.2, 0) is 12.8 Å². The number of rotatable bonds is 1. The topological polar surface area (TPSA) is 37.8 Å². The van der Waals surface area contributed by atoms with Crippen molar-refractivity contribution >= 4 is 0 Å². The molecule has 1 saturated heterocycles. The summed E-state index contributed by atoms with van der Waals surface area (Å²) < 4.78 is 0. The van der Waals surface area contributed by atoms with Crippen LogP contribution < -0.4 is 5.32 Å². The van der Waals surface area contributed by atoms with Gasteiger partial charge >= 0.3 is 0 Å².